The molecule has 2 aliphatic rings. The summed E-state index contributed by atoms with van der Waals surface area (Å²) in [4.78, 5) is 23.8. The third kappa shape index (κ3) is 3.51. The van der Waals surface area contributed by atoms with Crippen LogP contribution in [-0.2, 0) is 11.8 Å². The van der Waals surface area contributed by atoms with Gasteiger partial charge in [-0.25, -0.2) is 4.98 Å². The van der Waals surface area contributed by atoms with E-state index >= 15 is 0 Å². The van der Waals surface area contributed by atoms with Crippen LogP contribution in [0.15, 0.2) is 30.7 Å². The molecule has 0 aromatic carbocycles. The van der Waals surface area contributed by atoms with Gasteiger partial charge in [0.05, 0.1) is 23.5 Å². The summed E-state index contributed by atoms with van der Waals surface area (Å²) >= 11 is 0. The first-order valence-electron chi connectivity index (χ1n) is 9.31. The molecule has 2 saturated heterocycles. The molecule has 2 aromatic rings. The maximum Gasteiger partial charge on any atom is 0.244 e. The Kier molecular flexibility index (Phi) is 4.77. The van der Waals surface area contributed by atoms with Crippen LogP contribution < -0.4 is 9.80 Å². The zero-order valence-corrected chi connectivity index (χ0v) is 15.5. The van der Waals surface area contributed by atoms with Crippen LogP contribution in [0, 0.1) is 11.3 Å². The topological polar surface area (TPSA) is 81.3 Å². The van der Waals surface area contributed by atoms with Gasteiger partial charge in [-0.05, 0) is 25.0 Å². The number of aromatic nitrogens is 3. The average molecular weight is 365 g/mol. The molecular formula is C19H23N7O. The lowest BCUT2D eigenvalue weighted by Crippen LogP contribution is -2.58. The lowest BCUT2D eigenvalue weighted by atomic mass is 10.0. The number of piperazine rings is 1. The van der Waals surface area contributed by atoms with Crippen LogP contribution in [0.1, 0.15) is 18.4 Å². The van der Waals surface area contributed by atoms with Gasteiger partial charge in [-0.15, -0.1) is 0 Å². The molecule has 0 spiro atoms. The smallest absolute Gasteiger partial charge is 0.244 e. The van der Waals surface area contributed by atoms with E-state index in [1.807, 2.05) is 24.2 Å². The summed E-state index contributed by atoms with van der Waals surface area (Å²) in [5.74, 6) is 1.07. The summed E-state index contributed by atoms with van der Waals surface area (Å²) in [6.45, 7) is 4.08. The van der Waals surface area contributed by atoms with Crippen LogP contribution >= 0.6 is 0 Å². The summed E-state index contributed by atoms with van der Waals surface area (Å²) in [5, 5.41) is 13.1. The van der Waals surface area contributed by atoms with Gasteiger partial charge in [0.1, 0.15) is 11.9 Å². The summed E-state index contributed by atoms with van der Waals surface area (Å²) in [6, 6.07) is 5.72. The van der Waals surface area contributed by atoms with Crippen molar-refractivity contribution in [1.82, 2.24) is 19.7 Å². The fraction of sp³-hybridized carbons (Fsp3) is 0.474. The number of aryl methyl sites for hydroxylation is 1. The fourth-order valence-electron chi connectivity index (χ4n) is 3.90. The van der Waals surface area contributed by atoms with E-state index in [4.69, 9.17) is 5.26 Å². The predicted octanol–water partition coefficient (Wildman–Crippen LogP) is 1.00. The number of carbonyl (C=O) groups is 1. The summed E-state index contributed by atoms with van der Waals surface area (Å²) < 4.78 is 1.73. The molecule has 2 aromatic heterocycles. The third-order valence-electron chi connectivity index (χ3n) is 5.37. The zero-order valence-electron chi connectivity index (χ0n) is 15.5. The van der Waals surface area contributed by atoms with Crippen molar-refractivity contribution in [2.24, 2.45) is 7.05 Å². The molecule has 0 N–H and O–H groups in total. The van der Waals surface area contributed by atoms with Gasteiger partial charge < -0.3 is 9.80 Å². The van der Waals surface area contributed by atoms with Gasteiger partial charge in [0, 0.05) is 52.2 Å². The predicted molar refractivity (Wildman–Crippen MR) is 101 cm³/mol. The van der Waals surface area contributed by atoms with Crippen molar-refractivity contribution >= 4 is 17.4 Å². The first kappa shape index (κ1) is 17.5. The van der Waals surface area contributed by atoms with Crippen LogP contribution in [0.25, 0.3) is 0 Å². The highest BCUT2D eigenvalue weighted by Crippen LogP contribution is 2.25. The molecule has 1 amide bonds. The third-order valence-corrected chi connectivity index (χ3v) is 5.37. The van der Waals surface area contributed by atoms with Crippen molar-refractivity contribution in [1.29, 1.82) is 5.26 Å². The molecule has 4 heterocycles. The molecule has 0 unspecified atom stereocenters. The second kappa shape index (κ2) is 7.37. The Balaban J connectivity index is 1.40. The van der Waals surface area contributed by atoms with E-state index in [0.717, 1.165) is 57.1 Å². The van der Waals surface area contributed by atoms with Gasteiger partial charge in [-0.1, -0.05) is 0 Å². The van der Waals surface area contributed by atoms with Crippen LogP contribution in [0.2, 0.25) is 0 Å². The number of piperidine rings is 1. The minimum absolute atomic E-state index is 0.0602. The van der Waals surface area contributed by atoms with Gasteiger partial charge in [0.15, 0.2) is 0 Å². The van der Waals surface area contributed by atoms with Gasteiger partial charge in [-0.2, -0.15) is 10.4 Å². The maximum atomic E-state index is 13.0. The molecule has 0 saturated carbocycles. The number of hydrogen-bond acceptors (Lipinski definition) is 6. The normalized spacial score (nSPS) is 21.3. The molecule has 0 radical (unpaired) electrons. The second-order valence-electron chi connectivity index (χ2n) is 7.06. The Morgan fingerprint density at radius 1 is 1.15 bits per heavy atom. The number of nitriles is 1. The highest BCUT2D eigenvalue weighted by molar-refractivity contribution is 5.97. The van der Waals surface area contributed by atoms with E-state index in [9.17, 15) is 4.79 Å². The SMILES string of the molecule is Cn1cc(N2CCC[C@H](N3CCN(c4ccc(C#N)cn4)CC3)C2=O)cn1. The number of amides is 1. The molecule has 140 valence electrons. The van der Waals surface area contributed by atoms with E-state index in [1.54, 1.807) is 23.1 Å². The van der Waals surface area contributed by atoms with Crippen molar-refractivity contribution in [2.45, 2.75) is 18.9 Å². The Labute approximate surface area is 158 Å². The summed E-state index contributed by atoms with van der Waals surface area (Å²) in [6.07, 6.45) is 7.18. The van der Waals surface area contributed by atoms with Crippen LogP contribution in [-0.4, -0.2) is 64.3 Å². The quantitative estimate of drug-likeness (QED) is 0.807. The number of nitrogens with zero attached hydrogens (tertiary/aromatic N) is 7. The second-order valence-corrected chi connectivity index (χ2v) is 7.06. The van der Waals surface area contributed by atoms with Crippen LogP contribution in [0.4, 0.5) is 11.5 Å². The average Bonchev–Trinajstić information content (AvgIpc) is 3.14. The molecular weight excluding hydrogens is 342 g/mol. The van der Waals surface area contributed by atoms with E-state index in [2.05, 4.69) is 26.0 Å². The molecule has 0 bridgehead atoms. The number of hydrogen-bond donors (Lipinski definition) is 0. The monoisotopic (exact) mass is 365 g/mol. The molecule has 1 atom stereocenters. The summed E-state index contributed by atoms with van der Waals surface area (Å²) in [5.41, 5.74) is 1.45. The molecule has 27 heavy (non-hydrogen) atoms. The van der Waals surface area contributed by atoms with Crippen molar-refractivity contribution in [3.8, 4) is 6.07 Å². The Hall–Kier alpha value is -2.92. The van der Waals surface area contributed by atoms with E-state index in [0.29, 0.717) is 5.56 Å². The lowest BCUT2D eigenvalue weighted by Gasteiger charge is -2.42. The van der Waals surface area contributed by atoms with Gasteiger partial charge >= 0.3 is 0 Å². The highest BCUT2D eigenvalue weighted by Gasteiger charge is 2.35. The van der Waals surface area contributed by atoms with Crippen molar-refractivity contribution in [3.05, 3.63) is 36.3 Å². The molecule has 0 aliphatic carbocycles. The fourth-order valence-corrected chi connectivity index (χ4v) is 3.90. The Bertz CT molecular complexity index is 846. The van der Waals surface area contributed by atoms with Crippen molar-refractivity contribution < 1.29 is 4.79 Å². The number of rotatable bonds is 3. The molecule has 2 fully saturated rings. The van der Waals surface area contributed by atoms with E-state index in [-0.39, 0.29) is 11.9 Å². The van der Waals surface area contributed by atoms with Gasteiger partial charge in [0.25, 0.3) is 0 Å². The van der Waals surface area contributed by atoms with Gasteiger partial charge in [0.2, 0.25) is 5.91 Å². The number of pyridine rings is 1. The number of carbonyl (C=O) groups excluding carboxylic acids is 1. The molecule has 8 heteroatoms. The first-order chi connectivity index (χ1) is 13.2. The number of anilines is 2. The van der Waals surface area contributed by atoms with Gasteiger partial charge in [-0.3, -0.25) is 14.4 Å². The molecule has 8 nitrogen and oxygen atoms in total. The van der Waals surface area contributed by atoms with Crippen LogP contribution in [0.5, 0.6) is 0 Å². The molecule has 4 rings (SSSR count). The Morgan fingerprint density at radius 3 is 2.59 bits per heavy atom. The standard InChI is InChI=1S/C19H23N7O/c1-23-14-16(13-22-23)26-6-2-3-17(19(26)27)24-7-9-25(10-8-24)18-5-4-15(11-20)12-21-18/h4-5,12-14,17H,2-3,6-10H2,1H3/t17-/m0/s1. The minimum atomic E-state index is -0.0602. The van der Waals surface area contributed by atoms with Crippen LogP contribution in [0.3, 0.4) is 0 Å². The van der Waals surface area contributed by atoms with E-state index in [1.165, 1.54) is 0 Å². The zero-order chi connectivity index (χ0) is 18.8. The first-order valence-corrected chi connectivity index (χ1v) is 9.31. The highest BCUT2D eigenvalue weighted by atomic mass is 16.2. The van der Waals surface area contributed by atoms with Crippen molar-refractivity contribution in [3.63, 3.8) is 0 Å². The Morgan fingerprint density at radius 2 is 1.96 bits per heavy atom. The largest absolute Gasteiger partial charge is 0.354 e. The summed E-state index contributed by atoms with van der Waals surface area (Å²) in [7, 11) is 1.87. The minimum Gasteiger partial charge on any atom is -0.354 e. The molecule has 2 aliphatic heterocycles. The maximum absolute atomic E-state index is 13.0. The van der Waals surface area contributed by atoms with Crippen molar-refractivity contribution in [2.75, 3.05) is 42.5 Å². The van der Waals surface area contributed by atoms with E-state index < -0.39 is 0 Å². The lowest BCUT2D eigenvalue weighted by molar-refractivity contribution is -0.125.